The number of rotatable bonds is 14. The summed E-state index contributed by atoms with van der Waals surface area (Å²) >= 11 is 0. The number of imide groups is 1. The first-order chi connectivity index (χ1) is 32.7. The maximum Gasteiger partial charge on any atom is 0.317 e. The topological polar surface area (TPSA) is 239 Å². The van der Waals surface area contributed by atoms with Crippen LogP contribution in [0.5, 0.6) is 0 Å². The van der Waals surface area contributed by atoms with Crippen molar-refractivity contribution in [1.82, 2.24) is 46.0 Å². The minimum Gasteiger partial charge on any atom is -0.379 e. The molecule has 2 aromatic heterocycles. The van der Waals surface area contributed by atoms with Crippen molar-refractivity contribution in [3.63, 3.8) is 0 Å². The summed E-state index contributed by atoms with van der Waals surface area (Å²) in [5.74, 6) is 5.51. The molecule has 19 nitrogen and oxygen atoms in total. The number of amides is 6. The first-order valence-corrected chi connectivity index (χ1v) is 22.6. The Hall–Kier alpha value is -7.61. The average Bonchev–Trinajstić information content (AvgIpc) is 3.69. The second-order valence-corrected chi connectivity index (χ2v) is 16.7. The number of fused-ring (bicyclic) bond motifs is 1. The van der Waals surface area contributed by atoms with Crippen molar-refractivity contribution in [2.45, 2.75) is 69.6 Å². The van der Waals surface area contributed by atoms with E-state index < -0.39 is 11.9 Å². The predicted octanol–water partition coefficient (Wildman–Crippen LogP) is 3.54. The number of nitrogens with one attached hydrogen (secondary N) is 6. The Labute approximate surface area is 388 Å². The average molecular weight is 908 g/mol. The van der Waals surface area contributed by atoms with Crippen LogP contribution in [0.1, 0.15) is 82.5 Å². The van der Waals surface area contributed by atoms with Crippen LogP contribution < -0.4 is 36.8 Å². The van der Waals surface area contributed by atoms with Gasteiger partial charge in [0, 0.05) is 99.9 Å². The van der Waals surface area contributed by atoms with Crippen molar-refractivity contribution >= 4 is 58.5 Å². The summed E-state index contributed by atoms with van der Waals surface area (Å²) < 4.78 is 5.84. The Morgan fingerprint density at radius 2 is 1.69 bits per heavy atom. The van der Waals surface area contributed by atoms with Gasteiger partial charge in [-0.2, -0.15) is 10.2 Å². The number of nitrogens with zero attached hydrogens (tertiary/aromatic N) is 7. The highest BCUT2D eigenvalue weighted by Gasteiger charge is 2.39. The Morgan fingerprint density at radius 1 is 0.896 bits per heavy atom. The van der Waals surface area contributed by atoms with Crippen molar-refractivity contribution in [3.8, 4) is 17.9 Å². The molecule has 4 aliphatic rings. The number of hydrogen-bond donors (Lipinski definition) is 6. The first kappa shape index (κ1) is 45.9. The van der Waals surface area contributed by atoms with E-state index in [4.69, 9.17) is 4.74 Å². The van der Waals surface area contributed by atoms with Crippen LogP contribution >= 0.6 is 0 Å². The standard InChI is InChI=1S/C48H53N13O6/c1-50-45(64)42-39(9-5-20-52-42)56-43-32(28-49)29-53-47(58-43)54-34-14-16-36(17-15-34)59-22-24-60(25-23-59)48(66)55-35-12-10-33(11-13-35)51-21-27-67-26-3-2-6-31-7-4-8-37-38(31)30-61(46(37)65)40-18-19-41(62)57-44(40)63/h4-5,7-9,14-17,20,29,33,35,40,51H,3,10-13,18-19,21-27,30H2,1H3,(H,50,64)(H,55,66)(H,57,62,63)(H2,53,54,56,58)/t33-,35-,40?. The van der Waals surface area contributed by atoms with Gasteiger partial charge in [0.05, 0.1) is 25.1 Å². The van der Waals surface area contributed by atoms with Crippen LogP contribution in [-0.2, 0) is 20.9 Å². The van der Waals surface area contributed by atoms with E-state index in [1.54, 1.807) is 24.3 Å². The van der Waals surface area contributed by atoms with Gasteiger partial charge in [-0.1, -0.05) is 17.9 Å². The quantitative estimate of drug-likeness (QED) is 0.0603. The summed E-state index contributed by atoms with van der Waals surface area (Å²) in [6.45, 7) is 4.70. The summed E-state index contributed by atoms with van der Waals surface area (Å²) in [5.41, 5.74) is 4.68. The van der Waals surface area contributed by atoms with E-state index in [1.807, 2.05) is 35.2 Å². The molecule has 19 heteroatoms. The molecule has 2 aromatic carbocycles. The zero-order valence-electron chi connectivity index (χ0n) is 37.3. The number of ether oxygens (including phenoxy) is 1. The van der Waals surface area contributed by atoms with Crippen LogP contribution in [0, 0.1) is 23.2 Å². The second-order valence-electron chi connectivity index (χ2n) is 16.7. The van der Waals surface area contributed by atoms with E-state index in [9.17, 15) is 29.2 Å². The molecule has 6 amide bonds. The van der Waals surface area contributed by atoms with Gasteiger partial charge in [-0.05, 0) is 86.2 Å². The van der Waals surface area contributed by atoms with Gasteiger partial charge in [-0.25, -0.2) is 14.8 Å². The predicted molar refractivity (Wildman–Crippen MR) is 249 cm³/mol. The summed E-state index contributed by atoms with van der Waals surface area (Å²) in [6, 6.07) is 18.6. The molecular formula is C48H53N13O6. The lowest BCUT2D eigenvalue weighted by Gasteiger charge is -2.37. The van der Waals surface area contributed by atoms with Crippen LogP contribution in [-0.4, -0.2) is 126 Å². The largest absolute Gasteiger partial charge is 0.379 e. The highest BCUT2D eigenvalue weighted by atomic mass is 16.5. The molecule has 0 spiro atoms. The van der Waals surface area contributed by atoms with Crippen molar-refractivity contribution in [3.05, 3.63) is 94.9 Å². The number of carbonyl (C=O) groups excluding carboxylic acids is 5. The van der Waals surface area contributed by atoms with E-state index in [0.717, 1.165) is 54.7 Å². The first-order valence-electron chi connectivity index (χ1n) is 22.6. The highest BCUT2D eigenvalue weighted by molar-refractivity contribution is 6.05. The van der Waals surface area contributed by atoms with Gasteiger partial charge >= 0.3 is 6.03 Å². The van der Waals surface area contributed by atoms with E-state index in [1.165, 1.54) is 24.3 Å². The van der Waals surface area contributed by atoms with Crippen molar-refractivity contribution in [2.75, 3.05) is 68.5 Å². The van der Waals surface area contributed by atoms with Gasteiger partial charge < -0.3 is 46.0 Å². The van der Waals surface area contributed by atoms with Gasteiger partial charge in [0.2, 0.25) is 17.8 Å². The lowest BCUT2D eigenvalue weighted by Crippen LogP contribution is -2.54. The van der Waals surface area contributed by atoms with Crippen molar-refractivity contribution in [1.29, 1.82) is 5.26 Å². The number of nitriles is 1. The second kappa shape index (κ2) is 21.6. The molecule has 2 saturated heterocycles. The molecule has 1 aliphatic carbocycles. The van der Waals surface area contributed by atoms with Crippen molar-refractivity contribution < 1.29 is 28.7 Å². The molecule has 0 radical (unpaired) electrons. The molecule has 346 valence electrons. The summed E-state index contributed by atoms with van der Waals surface area (Å²) in [5, 5.41) is 27.7. The third-order valence-electron chi connectivity index (χ3n) is 12.4. The normalized spacial score (nSPS) is 19.1. The van der Waals surface area contributed by atoms with Crippen LogP contribution in [0.25, 0.3) is 0 Å². The molecule has 1 unspecified atom stereocenters. The van der Waals surface area contributed by atoms with E-state index in [2.05, 4.69) is 69.7 Å². The number of aromatic nitrogens is 3. The molecule has 8 rings (SSSR count). The number of hydrogen-bond acceptors (Lipinski definition) is 14. The van der Waals surface area contributed by atoms with Crippen LogP contribution in [0.15, 0.2) is 67.0 Å². The Kier molecular flexibility index (Phi) is 14.8. The Bertz CT molecular complexity index is 2590. The molecule has 5 heterocycles. The summed E-state index contributed by atoms with van der Waals surface area (Å²) in [4.78, 5) is 81.3. The summed E-state index contributed by atoms with van der Waals surface area (Å²) in [7, 11) is 1.52. The maximum atomic E-state index is 13.2. The fraction of sp³-hybridized carbons (Fsp3) is 0.396. The molecule has 67 heavy (non-hydrogen) atoms. The molecule has 6 N–H and O–H groups in total. The van der Waals surface area contributed by atoms with Gasteiger partial charge in [-0.3, -0.25) is 24.5 Å². The van der Waals surface area contributed by atoms with Gasteiger partial charge in [0.15, 0.2) is 11.5 Å². The lowest BCUT2D eigenvalue weighted by molar-refractivity contribution is -0.136. The zero-order valence-corrected chi connectivity index (χ0v) is 37.3. The number of carbonyl (C=O) groups is 5. The number of anilines is 5. The van der Waals surface area contributed by atoms with Crippen LogP contribution in [0.4, 0.5) is 33.6 Å². The maximum absolute atomic E-state index is 13.2. The van der Waals surface area contributed by atoms with Crippen molar-refractivity contribution in [2.24, 2.45) is 0 Å². The van der Waals surface area contributed by atoms with Gasteiger partial charge in [0.1, 0.15) is 17.7 Å². The highest BCUT2D eigenvalue weighted by Crippen LogP contribution is 2.30. The van der Waals surface area contributed by atoms with Crippen LogP contribution in [0.3, 0.4) is 0 Å². The smallest absolute Gasteiger partial charge is 0.317 e. The third-order valence-corrected chi connectivity index (χ3v) is 12.4. The van der Waals surface area contributed by atoms with Gasteiger partial charge in [-0.15, -0.1) is 0 Å². The lowest BCUT2D eigenvalue weighted by atomic mass is 9.91. The molecule has 1 saturated carbocycles. The molecular weight excluding hydrogens is 855 g/mol. The minimum atomic E-state index is -0.658. The fourth-order valence-electron chi connectivity index (χ4n) is 8.73. The number of benzene rings is 2. The fourth-order valence-corrected chi connectivity index (χ4v) is 8.73. The molecule has 4 aromatic rings. The monoisotopic (exact) mass is 907 g/mol. The van der Waals surface area contributed by atoms with Gasteiger partial charge in [0.25, 0.3) is 11.8 Å². The Balaban J connectivity index is 0.701. The van der Waals surface area contributed by atoms with E-state index >= 15 is 0 Å². The Morgan fingerprint density at radius 3 is 2.45 bits per heavy atom. The molecule has 0 bridgehead atoms. The third kappa shape index (κ3) is 11.3. The number of piperazine rings is 1. The van der Waals surface area contributed by atoms with Crippen LogP contribution in [0.2, 0.25) is 0 Å². The number of pyridine rings is 1. The minimum absolute atomic E-state index is 0.0175. The molecule has 3 fully saturated rings. The SMILES string of the molecule is CNC(=O)c1ncccc1Nc1nc(Nc2ccc(N3CCN(C(=O)N[C@H]4CC[C@H](NCCOCCC#Cc5cccc6c5CN(C5CCC(=O)NC5=O)C6=O)CC4)CC3)cc2)ncc1C#N. The number of urea groups is 1. The van der Waals surface area contributed by atoms with E-state index in [0.29, 0.717) is 76.1 Å². The molecule has 3 aliphatic heterocycles. The zero-order chi connectivity index (χ0) is 46.7. The number of piperidine rings is 1. The molecule has 1 atom stereocenters. The summed E-state index contributed by atoms with van der Waals surface area (Å²) in [6.07, 6.45) is 7.76. The van der Waals surface area contributed by atoms with E-state index in [-0.39, 0.29) is 59.2 Å².